The van der Waals surface area contributed by atoms with Crippen LogP contribution in [0.4, 0.5) is 0 Å². The molecule has 1 aromatic heterocycles. The number of nitrogens with zero attached hydrogens (tertiary/aromatic N) is 3. The summed E-state index contributed by atoms with van der Waals surface area (Å²) in [6, 6.07) is 17.8. The van der Waals surface area contributed by atoms with Gasteiger partial charge in [0.2, 0.25) is 5.91 Å². The lowest BCUT2D eigenvalue weighted by Gasteiger charge is -2.27. The second-order valence-electron chi connectivity index (χ2n) is 8.28. The first-order valence-electron chi connectivity index (χ1n) is 10.7. The highest BCUT2D eigenvalue weighted by Gasteiger charge is 2.46. The van der Waals surface area contributed by atoms with E-state index in [1.54, 1.807) is 43.1 Å². The number of benzene rings is 2. The van der Waals surface area contributed by atoms with E-state index in [2.05, 4.69) is 34.7 Å². The predicted octanol–water partition coefficient (Wildman–Crippen LogP) is 2.92. The van der Waals surface area contributed by atoms with Gasteiger partial charge in [0.25, 0.3) is 5.91 Å². The van der Waals surface area contributed by atoms with E-state index in [0.29, 0.717) is 31.6 Å². The van der Waals surface area contributed by atoms with Gasteiger partial charge in [-0.25, -0.2) is 0 Å². The highest BCUT2D eigenvalue weighted by molar-refractivity contribution is 5.93. The van der Waals surface area contributed by atoms with Gasteiger partial charge >= 0.3 is 0 Å². The Bertz CT molecular complexity index is 1120. The molecule has 1 atom stereocenters. The molecular weight excluding hydrogens is 404 g/mol. The van der Waals surface area contributed by atoms with Crippen molar-refractivity contribution >= 4 is 11.8 Å². The molecule has 1 unspecified atom stereocenters. The molecular formula is C25H28N4O3. The van der Waals surface area contributed by atoms with Crippen LogP contribution in [-0.2, 0) is 18.3 Å². The van der Waals surface area contributed by atoms with E-state index in [1.807, 2.05) is 24.3 Å². The molecule has 2 aromatic carbocycles. The third kappa shape index (κ3) is 4.10. The van der Waals surface area contributed by atoms with Gasteiger partial charge in [0.1, 0.15) is 11.4 Å². The smallest absolute Gasteiger partial charge is 0.274 e. The number of amides is 2. The maximum Gasteiger partial charge on any atom is 0.274 e. The van der Waals surface area contributed by atoms with Crippen LogP contribution in [0.25, 0.3) is 11.1 Å². The summed E-state index contributed by atoms with van der Waals surface area (Å²) in [6.45, 7) is 0.901. The van der Waals surface area contributed by atoms with Crippen molar-refractivity contribution < 1.29 is 14.3 Å². The van der Waals surface area contributed by atoms with Gasteiger partial charge in [-0.3, -0.25) is 14.3 Å². The molecule has 1 aliphatic rings. The van der Waals surface area contributed by atoms with E-state index in [9.17, 15) is 9.59 Å². The third-order valence-corrected chi connectivity index (χ3v) is 6.20. The lowest BCUT2D eigenvalue weighted by Crippen LogP contribution is -2.44. The summed E-state index contributed by atoms with van der Waals surface area (Å²) in [5.41, 5.74) is 2.88. The Morgan fingerprint density at radius 3 is 2.53 bits per heavy atom. The average Bonchev–Trinajstić information content (AvgIpc) is 3.46. The molecule has 7 nitrogen and oxygen atoms in total. The van der Waals surface area contributed by atoms with Gasteiger partial charge < -0.3 is 15.0 Å². The number of hydrogen-bond acceptors (Lipinski definition) is 4. The summed E-state index contributed by atoms with van der Waals surface area (Å²) < 4.78 is 7.08. The van der Waals surface area contributed by atoms with E-state index in [4.69, 9.17) is 4.74 Å². The zero-order chi connectivity index (χ0) is 22.7. The summed E-state index contributed by atoms with van der Waals surface area (Å²) in [4.78, 5) is 27.6. The van der Waals surface area contributed by atoms with Crippen molar-refractivity contribution in [2.45, 2.75) is 12.8 Å². The van der Waals surface area contributed by atoms with E-state index >= 15 is 0 Å². The number of ether oxygens (including phenoxy) is 1. The minimum atomic E-state index is -0.662. The highest BCUT2D eigenvalue weighted by atomic mass is 16.5. The Morgan fingerprint density at radius 2 is 1.88 bits per heavy atom. The summed E-state index contributed by atoms with van der Waals surface area (Å²) in [5, 5.41) is 7.03. The predicted molar refractivity (Wildman–Crippen MR) is 122 cm³/mol. The van der Waals surface area contributed by atoms with Crippen LogP contribution in [0, 0.1) is 5.41 Å². The van der Waals surface area contributed by atoms with Crippen LogP contribution in [0.1, 0.15) is 22.5 Å². The Hall–Kier alpha value is -3.61. The topological polar surface area (TPSA) is 76.5 Å². The molecule has 7 heteroatoms. The summed E-state index contributed by atoms with van der Waals surface area (Å²) in [5.74, 6) is 0.645. The average molecular weight is 433 g/mol. The normalized spacial score (nSPS) is 17.9. The number of carbonyl (C=O) groups is 2. The first kappa shape index (κ1) is 21.6. The van der Waals surface area contributed by atoms with Crippen LogP contribution in [0.15, 0.2) is 60.8 Å². The summed E-state index contributed by atoms with van der Waals surface area (Å²) >= 11 is 0. The SMILES string of the molecule is CNC(=O)C1(Cc2ccc(-c3ccccc3OC)cc2)CCN(C(=O)c2ccn(C)n2)C1. The van der Waals surface area contributed by atoms with E-state index in [1.165, 1.54) is 0 Å². The van der Waals surface area contributed by atoms with E-state index in [0.717, 1.165) is 22.4 Å². The molecule has 0 bridgehead atoms. The van der Waals surface area contributed by atoms with Gasteiger partial charge in [-0.05, 0) is 36.1 Å². The molecule has 3 aromatic rings. The van der Waals surface area contributed by atoms with Crippen LogP contribution in [0.2, 0.25) is 0 Å². The molecule has 0 spiro atoms. The van der Waals surface area contributed by atoms with Gasteiger partial charge in [-0.2, -0.15) is 5.10 Å². The van der Waals surface area contributed by atoms with Crippen molar-refractivity contribution in [1.29, 1.82) is 0 Å². The Balaban J connectivity index is 1.55. The summed E-state index contributed by atoms with van der Waals surface area (Å²) in [6.07, 6.45) is 2.92. The number of methoxy groups -OCH3 is 1. The lowest BCUT2D eigenvalue weighted by atomic mass is 9.79. The Kier molecular flexibility index (Phi) is 5.99. The van der Waals surface area contributed by atoms with Crippen molar-refractivity contribution in [1.82, 2.24) is 20.0 Å². The number of aromatic nitrogens is 2. The molecule has 1 aliphatic heterocycles. The van der Waals surface area contributed by atoms with Gasteiger partial charge in [0, 0.05) is 38.9 Å². The Morgan fingerprint density at radius 1 is 1.12 bits per heavy atom. The molecule has 2 amide bonds. The quantitative estimate of drug-likeness (QED) is 0.650. The van der Waals surface area contributed by atoms with Gasteiger partial charge in [-0.15, -0.1) is 0 Å². The van der Waals surface area contributed by atoms with Gasteiger partial charge in [0.15, 0.2) is 0 Å². The summed E-state index contributed by atoms with van der Waals surface area (Å²) in [7, 11) is 5.10. The first-order chi connectivity index (χ1) is 15.5. The van der Waals surface area contributed by atoms with Gasteiger partial charge in [-0.1, -0.05) is 42.5 Å². The number of rotatable bonds is 6. The highest BCUT2D eigenvalue weighted by Crippen LogP contribution is 2.36. The lowest BCUT2D eigenvalue weighted by molar-refractivity contribution is -0.129. The van der Waals surface area contributed by atoms with E-state index in [-0.39, 0.29) is 11.8 Å². The van der Waals surface area contributed by atoms with Crippen LogP contribution in [-0.4, -0.2) is 53.7 Å². The molecule has 4 rings (SSSR count). The monoisotopic (exact) mass is 432 g/mol. The fraction of sp³-hybridized carbons (Fsp3) is 0.320. The number of para-hydroxylation sites is 1. The maximum atomic E-state index is 12.9. The van der Waals surface area contributed by atoms with Gasteiger partial charge in [0.05, 0.1) is 12.5 Å². The largest absolute Gasteiger partial charge is 0.496 e. The molecule has 1 fully saturated rings. The number of nitrogens with one attached hydrogen (secondary N) is 1. The molecule has 166 valence electrons. The minimum Gasteiger partial charge on any atom is -0.496 e. The number of hydrogen-bond donors (Lipinski definition) is 1. The second kappa shape index (κ2) is 8.86. The molecule has 32 heavy (non-hydrogen) atoms. The standard InChI is InChI=1S/C25H28N4O3/c1-26-24(31)25(13-15-29(17-25)23(30)21-12-14-28(2)27-21)16-18-8-10-19(11-9-18)20-6-4-5-7-22(20)32-3/h4-12,14H,13,15-17H2,1-3H3,(H,26,31). The van der Waals surface area contributed by atoms with Crippen molar-refractivity contribution in [3.05, 3.63) is 72.1 Å². The number of carbonyl (C=O) groups excluding carboxylic acids is 2. The number of likely N-dealkylation sites (tertiary alicyclic amines) is 1. The zero-order valence-electron chi connectivity index (χ0n) is 18.7. The molecule has 0 radical (unpaired) electrons. The zero-order valence-corrected chi connectivity index (χ0v) is 18.7. The van der Waals surface area contributed by atoms with E-state index < -0.39 is 5.41 Å². The van der Waals surface area contributed by atoms with Crippen LogP contribution < -0.4 is 10.1 Å². The second-order valence-corrected chi connectivity index (χ2v) is 8.28. The maximum absolute atomic E-state index is 12.9. The third-order valence-electron chi connectivity index (χ3n) is 6.20. The fourth-order valence-electron chi connectivity index (χ4n) is 4.49. The van der Waals surface area contributed by atoms with Crippen LogP contribution in [0.3, 0.4) is 0 Å². The molecule has 2 heterocycles. The fourth-order valence-corrected chi connectivity index (χ4v) is 4.49. The molecule has 1 N–H and O–H groups in total. The van der Waals surface area contributed by atoms with Crippen LogP contribution >= 0.6 is 0 Å². The Labute approximate surface area is 188 Å². The van der Waals surface area contributed by atoms with Crippen LogP contribution in [0.5, 0.6) is 5.75 Å². The molecule has 1 saturated heterocycles. The number of aryl methyl sites for hydroxylation is 1. The first-order valence-corrected chi connectivity index (χ1v) is 10.7. The van der Waals surface area contributed by atoms with Crippen molar-refractivity contribution in [3.63, 3.8) is 0 Å². The van der Waals surface area contributed by atoms with Crippen molar-refractivity contribution in [3.8, 4) is 16.9 Å². The molecule has 0 aliphatic carbocycles. The molecule has 0 saturated carbocycles. The van der Waals surface area contributed by atoms with Crippen molar-refractivity contribution in [2.75, 3.05) is 27.2 Å². The minimum absolute atomic E-state index is 0.0392. The van der Waals surface area contributed by atoms with Crippen molar-refractivity contribution in [2.24, 2.45) is 12.5 Å².